The minimum Gasteiger partial charge on any atom is -0.354 e. The van der Waals surface area contributed by atoms with Gasteiger partial charge in [0, 0.05) is 13.1 Å². The molecule has 0 aliphatic rings. The molecule has 1 N–H and O–H groups in total. The van der Waals surface area contributed by atoms with Crippen LogP contribution in [0.2, 0.25) is 0 Å². The maximum absolute atomic E-state index is 13.6. The largest absolute Gasteiger partial charge is 0.354 e. The summed E-state index contributed by atoms with van der Waals surface area (Å²) in [6, 6.07) is 14.2. The Morgan fingerprint density at radius 2 is 1.68 bits per heavy atom. The fourth-order valence-corrected chi connectivity index (χ4v) is 4.65. The fraction of sp³-hybridized carbons (Fsp3) is 0.462. The molecule has 8 heteroatoms. The second kappa shape index (κ2) is 12.6. The van der Waals surface area contributed by atoms with Crippen LogP contribution in [0, 0.1) is 6.92 Å². The number of carbonyl (C=O) groups is 2. The number of amides is 2. The molecule has 0 saturated heterocycles. The van der Waals surface area contributed by atoms with Crippen molar-refractivity contribution in [3.63, 3.8) is 0 Å². The first-order valence-corrected chi connectivity index (χ1v) is 13.6. The first kappa shape index (κ1) is 27.4. The molecule has 0 unspecified atom stereocenters. The summed E-state index contributed by atoms with van der Waals surface area (Å²) in [5.74, 6) is -0.659. The molecule has 0 heterocycles. The average Bonchev–Trinajstić information content (AvgIpc) is 2.80. The number of hydrogen-bond acceptors (Lipinski definition) is 4. The maximum atomic E-state index is 13.6. The summed E-state index contributed by atoms with van der Waals surface area (Å²) in [5.41, 5.74) is 3.42. The van der Waals surface area contributed by atoms with E-state index in [0.29, 0.717) is 18.7 Å². The minimum absolute atomic E-state index is 0.213. The lowest BCUT2D eigenvalue weighted by Gasteiger charge is -2.33. The lowest BCUT2D eigenvalue weighted by atomic mass is 10.1. The second-order valence-electron chi connectivity index (χ2n) is 8.52. The number of rotatable bonds is 12. The molecule has 7 nitrogen and oxygen atoms in total. The number of carbonyl (C=O) groups excluding carboxylic acids is 2. The third-order valence-corrected chi connectivity index (χ3v) is 6.82. The van der Waals surface area contributed by atoms with Crippen molar-refractivity contribution < 1.29 is 18.0 Å². The van der Waals surface area contributed by atoms with Crippen molar-refractivity contribution in [3.05, 3.63) is 65.2 Å². The van der Waals surface area contributed by atoms with Gasteiger partial charge in [0.1, 0.15) is 12.6 Å². The molecular formula is C26H37N3O4S. The maximum Gasteiger partial charge on any atom is 0.244 e. The van der Waals surface area contributed by atoms with Crippen molar-refractivity contribution in [1.29, 1.82) is 0 Å². The van der Waals surface area contributed by atoms with E-state index in [1.165, 1.54) is 4.90 Å². The Morgan fingerprint density at radius 3 is 2.21 bits per heavy atom. The number of benzene rings is 2. The van der Waals surface area contributed by atoms with Gasteiger partial charge in [-0.25, -0.2) is 8.42 Å². The van der Waals surface area contributed by atoms with Crippen LogP contribution in [-0.4, -0.2) is 50.5 Å². The molecule has 2 rings (SSSR count). The summed E-state index contributed by atoms with van der Waals surface area (Å²) in [4.78, 5) is 28.0. The molecule has 0 aliphatic heterocycles. The first-order chi connectivity index (χ1) is 16.1. The number of sulfonamides is 1. The van der Waals surface area contributed by atoms with E-state index in [9.17, 15) is 18.0 Å². The van der Waals surface area contributed by atoms with Crippen LogP contribution in [-0.2, 0) is 32.6 Å². The molecule has 2 amide bonds. The van der Waals surface area contributed by atoms with E-state index in [1.54, 1.807) is 12.1 Å². The van der Waals surface area contributed by atoms with Gasteiger partial charge >= 0.3 is 0 Å². The summed E-state index contributed by atoms with van der Waals surface area (Å²) < 4.78 is 26.4. The fourth-order valence-electron chi connectivity index (χ4n) is 3.80. The third-order valence-electron chi connectivity index (χ3n) is 5.68. The van der Waals surface area contributed by atoms with Crippen molar-refractivity contribution in [2.75, 3.05) is 23.7 Å². The van der Waals surface area contributed by atoms with Crippen molar-refractivity contribution in [2.45, 2.75) is 59.5 Å². The molecule has 186 valence electrons. The molecule has 1 atom stereocenters. The van der Waals surface area contributed by atoms with Crippen LogP contribution in [0.1, 0.15) is 50.3 Å². The molecule has 2 aromatic carbocycles. The standard InChI is InChI=1S/C26H37N3O4S/c1-6-16-27-26(31)24(8-3)28(18-22-11-9-10-20(4)17-22)25(30)19-29(34(5,32)33)23-14-12-21(7-2)13-15-23/h9-15,17,24H,6-8,16,18-19H2,1-5H3,(H,27,31)/t24-/m0/s1. The minimum atomic E-state index is -3.73. The van der Waals surface area contributed by atoms with Crippen molar-refractivity contribution in [2.24, 2.45) is 0 Å². The number of hydrogen-bond donors (Lipinski definition) is 1. The van der Waals surface area contributed by atoms with Crippen LogP contribution in [0.25, 0.3) is 0 Å². The van der Waals surface area contributed by atoms with Crippen LogP contribution >= 0.6 is 0 Å². The van der Waals surface area contributed by atoms with Gasteiger partial charge in [0.25, 0.3) is 0 Å². The van der Waals surface area contributed by atoms with E-state index >= 15 is 0 Å². The molecule has 0 fully saturated rings. The topological polar surface area (TPSA) is 86.8 Å². The van der Waals surface area contributed by atoms with E-state index in [4.69, 9.17) is 0 Å². The predicted octanol–water partition coefficient (Wildman–Crippen LogP) is 3.66. The van der Waals surface area contributed by atoms with Crippen LogP contribution in [0.4, 0.5) is 5.69 Å². The Labute approximate surface area is 204 Å². The molecule has 2 aromatic rings. The molecular weight excluding hydrogens is 450 g/mol. The lowest BCUT2D eigenvalue weighted by Crippen LogP contribution is -2.52. The zero-order valence-electron chi connectivity index (χ0n) is 20.9. The van der Waals surface area contributed by atoms with E-state index in [-0.39, 0.29) is 19.0 Å². The summed E-state index contributed by atoms with van der Waals surface area (Å²) in [7, 11) is -3.73. The van der Waals surface area contributed by atoms with Gasteiger partial charge in [-0.15, -0.1) is 0 Å². The highest BCUT2D eigenvalue weighted by atomic mass is 32.2. The Balaban J connectivity index is 2.41. The van der Waals surface area contributed by atoms with Gasteiger partial charge in [0.05, 0.1) is 11.9 Å². The van der Waals surface area contributed by atoms with Crippen LogP contribution in [0.15, 0.2) is 48.5 Å². The molecule has 0 bridgehead atoms. The number of nitrogens with zero attached hydrogens (tertiary/aromatic N) is 2. The summed E-state index contributed by atoms with van der Waals surface area (Å²) in [6.45, 7) is 8.14. The second-order valence-corrected chi connectivity index (χ2v) is 10.4. The van der Waals surface area contributed by atoms with Gasteiger partial charge in [-0.3, -0.25) is 13.9 Å². The monoisotopic (exact) mass is 487 g/mol. The number of anilines is 1. The highest BCUT2D eigenvalue weighted by Gasteiger charge is 2.31. The summed E-state index contributed by atoms with van der Waals surface area (Å²) in [6.07, 6.45) is 3.11. The highest BCUT2D eigenvalue weighted by molar-refractivity contribution is 7.92. The molecule has 0 saturated carbocycles. The summed E-state index contributed by atoms with van der Waals surface area (Å²) in [5, 5.41) is 2.88. The van der Waals surface area contributed by atoms with Crippen LogP contribution in [0.5, 0.6) is 0 Å². The molecule has 0 aliphatic carbocycles. The van der Waals surface area contributed by atoms with Gasteiger partial charge < -0.3 is 10.2 Å². The SMILES string of the molecule is CCCNC(=O)[C@H](CC)N(Cc1cccc(C)c1)C(=O)CN(c1ccc(CC)cc1)S(C)(=O)=O. The summed E-state index contributed by atoms with van der Waals surface area (Å²) >= 11 is 0. The van der Waals surface area contributed by atoms with E-state index in [2.05, 4.69) is 5.32 Å². The Kier molecular flexibility index (Phi) is 10.1. The van der Waals surface area contributed by atoms with Crippen LogP contribution in [0.3, 0.4) is 0 Å². The Morgan fingerprint density at radius 1 is 1.00 bits per heavy atom. The molecule has 0 aromatic heterocycles. The van der Waals surface area contributed by atoms with Gasteiger partial charge in [0.15, 0.2) is 0 Å². The zero-order chi connectivity index (χ0) is 25.3. The van der Waals surface area contributed by atoms with Crippen molar-refractivity contribution >= 4 is 27.5 Å². The lowest BCUT2D eigenvalue weighted by molar-refractivity contribution is -0.140. The number of nitrogens with one attached hydrogen (secondary N) is 1. The highest BCUT2D eigenvalue weighted by Crippen LogP contribution is 2.21. The van der Waals surface area contributed by atoms with Gasteiger partial charge in [0.2, 0.25) is 21.8 Å². The van der Waals surface area contributed by atoms with Crippen LogP contribution < -0.4 is 9.62 Å². The molecule has 0 spiro atoms. The van der Waals surface area contributed by atoms with Crippen molar-refractivity contribution in [3.8, 4) is 0 Å². The molecule has 0 radical (unpaired) electrons. The van der Waals surface area contributed by atoms with E-state index < -0.39 is 22.0 Å². The van der Waals surface area contributed by atoms with Crippen molar-refractivity contribution in [1.82, 2.24) is 10.2 Å². The van der Waals surface area contributed by atoms with Gasteiger partial charge in [-0.1, -0.05) is 62.7 Å². The molecule has 34 heavy (non-hydrogen) atoms. The van der Waals surface area contributed by atoms with Gasteiger partial charge in [-0.2, -0.15) is 0 Å². The third kappa shape index (κ3) is 7.58. The van der Waals surface area contributed by atoms with Gasteiger partial charge in [-0.05, 0) is 49.4 Å². The smallest absolute Gasteiger partial charge is 0.244 e. The zero-order valence-corrected chi connectivity index (χ0v) is 21.7. The van der Waals surface area contributed by atoms with E-state index in [0.717, 1.165) is 40.1 Å². The number of aryl methyl sites for hydroxylation is 2. The quantitative estimate of drug-likeness (QED) is 0.495. The average molecular weight is 488 g/mol. The predicted molar refractivity (Wildman–Crippen MR) is 137 cm³/mol. The Hall–Kier alpha value is -2.87. The Bertz CT molecular complexity index is 1070. The first-order valence-electron chi connectivity index (χ1n) is 11.8. The normalized spacial score (nSPS) is 12.1. The van der Waals surface area contributed by atoms with E-state index in [1.807, 2.05) is 64.1 Å².